The van der Waals surface area contributed by atoms with E-state index in [1.807, 2.05) is 0 Å². The van der Waals surface area contributed by atoms with Crippen LogP contribution in [-0.4, -0.2) is 31.1 Å². The maximum Gasteiger partial charge on any atom is 0.406 e. The van der Waals surface area contributed by atoms with Crippen molar-refractivity contribution in [2.75, 3.05) is 19.8 Å². The predicted molar refractivity (Wildman–Crippen MR) is 102 cm³/mol. The molecule has 0 saturated carbocycles. The summed E-state index contributed by atoms with van der Waals surface area (Å²) in [6, 6.07) is 8.09. The number of hydrogen-bond acceptors (Lipinski definition) is 4. The fraction of sp³-hybridized carbons (Fsp3) is 0.632. The Balaban J connectivity index is 3.11. The summed E-state index contributed by atoms with van der Waals surface area (Å²) in [5, 5.41) is 0. The number of halogens is 2. The van der Waals surface area contributed by atoms with Gasteiger partial charge >= 0.3 is 13.3 Å². The van der Waals surface area contributed by atoms with Crippen LogP contribution in [0.25, 0.3) is 0 Å². The molecule has 1 aromatic carbocycles. The van der Waals surface area contributed by atoms with Crippen molar-refractivity contribution in [1.29, 1.82) is 0 Å². The van der Waals surface area contributed by atoms with Gasteiger partial charge in [0.25, 0.3) is 0 Å². The lowest BCUT2D eigenvalue weighted by Gasteiger charge is -2.27. The van der Waals surface area contributed by atoms with Gasteiger partial charge in [-0.25, -0.2) is 0 Å². The molecule has 0 fully saturated rings. The van der Waals surface area contributed by atoms with Crippen molar-refractivity contribution in [2.45, 2.75) is 58.5 Å². The normalized spacial score (nSPS) is 13.2. The SMILES string of the molecule is CCCCCCCN=C(c1ccccc1)C(F)(F)P(=O)(OCC)OCC. The maximum atomic E-state index is 15.2. The van der Waals surface area contributed by atoms with Crippen molar-refractivity contribution >= 4 is 13.3 Å². The molecule has 0 amide bonds. The van der Waals surface area contributed by atoms with Gasteiger partial charge in [0.2, 0.25) is 0 Å². The molecule has 1 aromatic rings. The highest BCUT2D eigenvalue weighted by atomic mass is 31.2. The van der Waals surface area contributed by atoms with Crippen LogP contribution in [0.2, 0.25) is 0 Å². The van der Waals surface area contributed by atoms with Gasteiger partial charge in [0.1, 0.15) is 5.71 Å². The molecular formula is C19H30F2NO3P. The molecule has 0 spiro atoms. The van der Waals surface area contributed by atoms with E-state index < -0.39 is 19.0 Å². The van der Waals surface area contributed by atoms with Crippen LogP contribution in [0.4, 0.5) is 8.78 Å². The third-order valence-electron chi connectivity index (χ3n) is 3.81. The van der Waals surface area contributed by atoms with Crippen LogP contribution in [0.5, 0.6) is 0 Å². The summed E-state index contributed by atoms with van der Waals surface area (Å²) in [6.07, 6.45) is 4.93. The smallest absolute Gasteiger partial charge is 0.304 e. The molecule has 148 valence electrons. The van der Waals surface area contributed by atoms with Crippen molar-refractivity contribution in [1.82, 2.24) is 0 Å². The molecule has 0 radical (unpaired) electrons. The Labute approximate surface area is 155 Å². The largest absolute Gasteiger partial charge is 0.406 e. The number of aliphatic imine (C=N–C) groups is 1. The molecule has 0 bridgehead atoms. The monoisotopic (exact) mass is 389 g/mol. The second-order valence-corrected chi connectivity index (χ2v) is 7.96. The number of benzene rings is 1. The molecule has 4 nitrogen and oxygen atoms in total. The van der Waals surface area contributed by atoms with E-state index >= 15 is 8.78 Å². The first-order chi connectivity index (χ1) is 12.4. The summed E-state index contributed by atoms with van der Waals surface area (Å²) in [5.74, 6) is 0. The van der Waals surface area contributed by atoms with Crippen molar-refractivity contribution in [3.8, 4) is 0 Å². The Morgan fingerprint density at radius 1 is 1.00 bits per heavy atom. The molecule has 0 unspecified atom stereocenters. The van der Waals surface area contributed by atoms with E-state index in [1.54, 1.807) is 18.2 Å². The summed E-state index contributed by atoms with van der Waals surface area (Å²) >= 11 is 0. The lowest BCUT2D eigenvalue weighted by Crippen LogP contribution is -2.32. The first-order valence-corrected chi connectivity index (χ1v) is 10.8. The number of unbranched alkanes of at least 4 members (excludes halogenated alkanes) is 4. The van der Waals surface area contributed by atoms with Gasteiger partial charge in [-0.2, -0.15) is 8.78 Å². The molecule has 0 aromatic heterocycles. The molecule has 1 rings (SSSR count). The van der Waals surface area contributed by atoms with Gasteiger partial charge in [-0.05, 0) is 20.3 Å². The van der Waals surface area contributed by atoms with E-state index in [0.717, 1.165) is 25.7 Å². The van der Waals surface area contributed by atoms with E-state index in [0.29, 0.717) is 6.42 Å². The Morgan fingerprint density at radius 3 is 2.12 bits per heavy atom. The summed E-state index contributed by atoms with van der Waals surface area (Å²) in [5.41, 5.74) is -4.12. The molecule has 0 N–H and O–H groups in total. The Morgan fingerprint density at radius 2 is 1.58 bits per heavy atom. The van der Waals surface area contributed by atoms with E-state index in [9.17, 15) is 4.57 Å². The molecule has 0 atom stereocenters. The average molecular weight is 389 g/mol. The van der Waals surface area contributed by atoms with Crippen LogP contribution in [0.15, 0.2) is 35.3 Å². The average Bonchev–Trinajstić information content (AvgIpc) is 2.62. The van der Waals surface area contributed by atoms with Crippen LogP contribution in [0.1, 0.15) is 58.4 Å². The minimum absolute atomic E-state index is 0.133. The van der Waals surface area contributed by atoms with Crippen molar-refractivity contribution in [3.05, 3.63) is 35.9 Å². The van der Waals surface area contributed by atoms with Gasteiger partial charge < -0.3 is 9.05 Å². The minimum atomic E-state index is -4.67. The van der Waals surface area contributed by atoms with Gasteiger partial charge in [-0.1, -0.05) is 62.9 Å². The molecule has 26 heavy (non-hydrogen) atoms. The maximum absolute atomic E-state index is 15.2. The van der Waals surface area contributed by atoms with Crippen LogP contribution in [0.3, 0.4) is 0 Å². The molecule has 0 heterocycles. The second kappa shape index (κ2) is 11.6. The van der Waals surface area contributed by atoms with E-state index in [1.165, 1.54) is 26.0 Å². The lowest BCUT2D eigenvalue weighted by molar-refractivity contribution is 0.0948. The first kappa shape index (κ1) is 22.9. The number of alkyl halides is 2. The van der Waals surface area contributed by atoms with Gasteiger partial charge in [-0.3, -0.25) is 9.56 Å². The van der Waals surface area contributed by atoms with Crippen molar-refractivity contribution in [3.63, 3.8) is 0 Å². The highest BCUT2D eigenvalue weighted by molar-refractivity contribution is 7.56. The third kappa shape index (κ3) is 6.26. The van der Waals surface area contributed by atoms with Gasteiger partial charge in [0.15, 0.2) is 0 Å². The quantitative estimate of drug-likeness (QED) is 0.226. The zero-order chi connectivity index (χ0) is 19.5. The zero-order valence-electron chi connectivity index (χ0n) is 15.9. The van der Waals surface area contributed by atoms with Gasteiger partial charge in [-0.15, -0.1) is 0 Å². The molecule has 0 aliphatic rings. The predicted octanol–water partition coefficient (Wildman–Crippen LogP) is 6.31. The zero-order valence-corrected chi connectivity index (χ0v) is 16.8. The van der Waals surface area contributed by atoms with Crippen LogP contribution < -0.4 is 0 Å². The van der Waals surface area contributed by atoms with E-state index in [2.05, 4.69) is 11.9 Å². The highest BCUT2D eigenvalue weighted by Crippen LogP contribution is 2.63. The van der Waals surface area contributed by atoms with Gasteiger partial charge in [0, 0.05) is 12.1 Å². The molecular weight excluding hydrogens is 359 g/mol. The fourth-order valence-corrected chi connectivity index (χ4v) is 4.07. The Kier molecular flexibility index (Phi) is 10.2. The number of nitrogens with zero attached hydrogens (tertiary/aromatic N) is 1. The van der Waals surface area contributed by atoms with E-state index in [4.69, 9.17) is 9.05 Å². The number of hydrogen-bond donors (Lipinski definition) is 0. The third-order valence-corrected chi connectivity index (χ3v) is 5.90. The topological polar surface area (TPSA) is 47.9 Å². The first-order valence-electron chi connectivity index (χ1n) is 9.30. The molecule has 0 aliphatic carbocycles. The highest BCUT2D eigenvalue weighted by Gasteiger charge is 2.57. The molecule has 0 aliphatic heterocycles. The van der Waals surface area contributed by atoms with Crippen LogP contribution in [0, 0.1) is 0 Å². The summed E-state index contributed by atoms with van der Waals surface area (Å²) in [7, 11) is -4.67. The van der Waals surface area contributed by atoms with Crippen molar-refractivity contribution < 1.29 is 22.4 Å². The standard InChI is InChI=1S/C19H30F2NO3P/c1-4-7-8-9-13-16-22-18(17-14-11-10-12-15-17)19(20,21)26(23,24-5-2)25-6-3/h10-12,14-15H,4-9,13,16H2,1-3H3. The second-order valence-electron chi connectivity index (χ2n) is 5.88. The summed E-state index contributed by atoms with van der Waals surface area (Å²) in [6.45, 7) is 5.12. The number of rotatable bonds is 13. The minimum Gasteiger partial charge on any atom is -0.304 e. The van der Waals surface area contributed by atoms with Crippen LogP contribution >= 0.6 is 7.60 Å². The lowest BCUT2D eigenvalue weighted by atomic mass is 10.1. The van der Waals surface area contributed by atoms with Crippen LogP contribution in [-0.2, 0) is 13.6 Å². The molecule has 7 heteroatoms. The van der Waals surface area contributed by atoms with Gasteiger partial charge in [0.05, 0.1) is 13.2 Å². The summed E-state index contributed by atoms with van der Waals surface area (Å²) in [4.78, 5) is 4.13. The van der Waals surface area contributed by atoms with Crippen molar-refractivity contribution in [2.24, 2.45) is 4.99 Å². The van der Waals surface area contributed by atoms with E-state index in [-0.39, 0.29) is 25.3 Å². The Bertz CT molecular complexity index is 584. The summed E-state index contributed by atoms with van der Waals surface area (Å²) < 4.78 is 52.9. The Hall–Kier alpha value is -1.10. The molecule has 0 saturated heterocycles. The fourth-order valence-electron chi connectivity index (χ4n) is 2.53.